The Hall–Kier alpha value is -2.92. The van der Waals surface area contributed by atoms with Gasteiger partial charge < -0.3 is 14.2 Å². The molecule has 5 heteroatoms. The summed E-state index contributed by atoms with van der Waals surface area (Å²) in [4.78, 5) is 30.4. The van der Waals surface area contributed by atoms with Crippen molar-refractivity contribution < 1.29 is 9.21 Å². The number of nitrogens with zero attached hydrogens (tertiary/aromatic N) is 2. The molecule has 144 valence electrons. The molecule has 0 fully saturated rings. The van der Waals surface area contributed by atoms with Crippen molar-refractivity contribution >= 4 is 16.9 Å². The first kappa shape index (κ1) is 18.4. The van der Waals surface area contributed by atoms with Gasteiger partial charge in [0.25, 0.3) is 5.91 Å². The molecule has 0 saturated carbocycles. The van der Waals surface area contributed by atoms with E-state index < -0.39 is 6.04 Å². The zero-order valence-electron chi connectivity index (χ0n) is 16.7. The second kappa shape index (κ2) is 6.91. The maximum atomic E-state index is 13.4. The monoisotopic (exact) mass is 376 g/mol. The van der Waals surface area contributed by atoms with E-state index in [-0.39, 0.29) is 17.1 Å². The lowest BCUT2D eigenvalue weighted by molar-refractivity contribution is 0.0716. The number of carbonyl (C=O) groups excluding carboxylic acids is 1. The largest absolute Gasteiger partial charge is 0.450 e. The first-order valence-corrected chi connectivity index (χ1v) is 9.47. The van der Waals surface area contributed by atoms with Gasteiger partial charge in [0.15, 0.2) is 5.43 Å². The van der Waals surface area contributed by atoms with Gasteiger partial charge >= 0.3 is 0 Å². The standard InChI is InChI=1S/C23H24N2O3/c1-14-12-17-18(13-15(14)2)28-22-19(21(17)26)20(16-8-6-5-7-9-16)25(23(22)27)11-10-24(3)4/h5-9,12-13,20H,10-11H2,1-4H3/t20-/m0/s1. The number of fused-ring (bicyclic) bond motifs is 2. The van der Waals surface area contributed by atoms with Crippen molar-refractivity contribution in [2.24, 2.45) is 0 Å². The molecule has 0 aliphatic carbocycles. The second-order valence-corrected chi connectivity index (χ2v) is 7.72. The summed E-state index contributed by atoms with van der Waals surface area (Å²) in [5.41, 5.74) is 3.79. The number of aryl methyl sites for hydroxylation is 2. The predicted molar refractivity (Wildman–Crippen MR) is 110 cm³/mol. The number of likely N-dealkylation sites (N-methyl/N-ethyl adjacent to an activating group) is 1. The highest BCUT2D eigenvalue weighted by Crippen LogP contribution is 2.38. The third-order valence-electron chi connectivity index (χ3n) is 5.49. The summed E-state index contributed by atoms with van der Waals surface area (Å²) < 4.78 is 6.02. The number of hydrogen-bond donors (Lipinski definition) is 0. The smallest absolute Gasteiger partial charge is 0.290 e. The van der Waals surface area contributed by atoms with Gasteiger partial charge in [0.1, 0.15) is 5.58 Å². The minimum Gasteiger partial charge on any atom is -0.450 e. The molecule has 28 heavy (non-hydrogen) atoms. The Morgan fingerprint density at radius 1 is 1.04 bits per heavy atom. The zero-order valence-corrected chi connectivity index (χ0v) is 16.7. The summed E-state index contributed by atoms with van der Waals surface area (Å²) >= 11 is 0. The molecule has 1 aliphatic rings. The molecule has 5 nitrogen and oxygen atoms in total. The Morgan fingerprint density at radius 3 is 2.39 bits per heavy atom. The fraction of sp³-hybridized carbons (Fsp3) is 0.304. The molecule has 1 atom stereocenters. The molecule has 1 aromatic heterocycles. The number of benzene rings is 2. The predicted octanol–water partition coefficient (Wildman–Crippen LogP) is 3.52. The van der Waals surface area contributed by atoms with E-state index in [9.17, 15) is 9.59 Å². The van der Waals surface area contributed by atoms with E-state index in [1.54, 1.807) is 4.90 Å². The molecule has 2 aromatic carbocycles. The van der Waals surface area contributed by atoms with Crippen molar-refractivity contribution in [2.75, 3.05) is 27.2 Å². The summed E-state index contributed by atoms with van der Waals surface area (Å²) in [7, 11) is 3.93. The van der Waals surface area contributed by atoms with Crippen molar-refractivity contribution in [3.63, 3.8) is 0 Å². The van der Waals surface area contributed by atoms with Crippen molar-refractivity contribution in [3.8, 4) is 0 Å². The molecule has 0 spiro atoms. The molecular formula is C23H24N2O3. The van der Waals surface area contributed by atoms with Crippen LogP contribution in [-0.4, -0.2) is 42.9 Å². The first-order chi connectivity index (χ1) is 13.4. The highest BCUT2D eigenvalue weighted by atomic mass is 16.3. The van der Waals surface area contributed by atoms with Gasteiger partial charge in [-0.05, 0) is 56.8 Å². The van der Waals surface area contributed by atoms with Crippen LogP contribution in [0.4, 0.5) is 0 Å². The van der Waals surface area contributed by atoms with E-state index in [0.29, 0.717) is 29.6 Å². The van der Waals surface area contributed by atoms with Gasteiger partial charge in [-0.1, -0.05) is 30.3 Å². The molecule has 2 heterocycles. The molecule has 0 saturated heterocycles. The van der Waals surface area contributed by atoms with Crippen LogP contribution in [0.1, 0.15) is 38.9 Å². The lowest BCUT2D eigenvalue weighted by Gasteiger charge is -2.26. The lowest BCUT2D eigenvalue weighted by atomic mass is 9.97. The fourth-order valence-corrected chi connectivity index (χ4v) is 3.80. The van der Waals surface area contributed by atoms with Gasteiger partial charge in [0.05, 0.1) is 17.0 Å². The van der Waals surface area contributed by atoms with E-state index in [1.165, 1.54) is 0 Å². The van der Waals surface area contributed by atoms with E-state index >= 15 is 0 Å². The van der Waals surface area contributed by atoms with Crippen LogP contribution >= 0.6 is 0 Å². The van der Waals surface area contributed by atoms with Crippen LogP contribution in [0.2, 0.25) is 0 Å². The lowest BCUT2D eigenvalue weighted by Crippen LogP contribution is -2.35. The van der Waals surface area contributed by atoms with E-state index in [0.717, 1.165) is 16.7 Å². The van der Waals surface area contributed by atoms with E-state index in [2.05, 4.69) is 0 Å². The minimum atomic E-state index is -0.425. The minimum absolute atomic E-state index is 0.117. The maximum absolute atomic E-state index is 13.4. The topological polar surface area (TPSA) is 53.8 Å². The third-order valence-corrected chi connectivity index (χ3v) is 5.49. The van der Waals surface area contributed by atoms with Gasteiger partial charge in [-0.25, -0.2) is 0 Å². The molecule has 0 radical (unpaired) electrons. The Balaban J connectivity index is 1.96. The fourth-order valence-electron chi connectivity index (χ4n) is 3.80. The molecule has 0 bridgehead atoms. The van der Waals surface area contributed by atoms with E-state index in [1.807, 2.05) is 75.3 Å². The molecule has 3 aromatic rings. The first-order valence-electron chi connectivity index (χ1n) is 9.47. The Morgan fingerprint density at radius 2 is 1.71 bits per heavy atom. The van der Waals surface area contributed by atoms with Crippen LogP contribution in [0, 0.1) is 13.8 Å². The van der Waals surface area contributed by atoms with E-state index in [4.69, 9.17) is 4.42 Å². The summed E-state index contributed by atoms with van der Waals surface area (Å²) in [5.74, 6) is -0.0451. The summed E-state index contributed by atoms with van der Waals surface area (Å²) in [6.45, 7) is 5.17. The number of amides is 1. The Bertz CT molecular complexity index is 1120. The molecular weight excluding hydrogens is 352 g/mol. The highest BCUT2D eigenvalue weighted by molar-refractivity contribution is 5.99. The molecule has 4 rings (SSSR count). The highest BCUT2D eigenvalue weighted by Gasteiger charge is 2.42. The van der Waals surface area contributed by atoms with Crippen LogP contribution in [0.3, 0.4) is 0 Å². The summed E-state index contributed by atoms with van der Waals surface area (Å²) in [5, 5.41) is 0.532. The normalized spacial score (nSPS) is 16.2. The quantitative estimate of drug-likeness (QED) is 0.699. The molecule has 0 N–H and O–H groups in total. The van der Waals surface area contributed by atoms with Crippen molar-refractivity contribution in [1.82, 2.24) is 9.80 Å². The second-order valence-electron chi connectivity index (χ2n) is 7.72. The van der Waals surface area contributed by atoms with Crippen molar-refractivity contribution in [2.45, 2.75) is 19.9 Å². The van der Waals surface area contributed by atoms with Gasteiger partial charge in [0, 0.05) is 13.1 Å². The molecule has 0 unspecified atom stereocenters. The Kier molecular flexibility index (Phi) is 4.55. The third kappa shape index (κ3) is 2.92. The van der Waals surface area contributed by atoms with Crippen molar-refractivity contribution in [1.29, 1.82) is 0 Å². The van der Waals surface area contributed by atoms with Crippen molar-refractivity contribution in [3.05, 3.63) is 80.7 Å². The average molecular weight is 376 g/mol. The van der Waals surface area contributed by atoms with Gasteiger partial charge in [-0.3, -0.25) is 9.59 Å². The van der Waals surface area contributed by atoms with Crippen LogP contribution in [-0.2, 0) is 0 Å². The average Bonchev–Trinajstić information content (AvgIpc) is 2.95. The summed E-state index contributed by atoms with van der Waals surface area (Å²) in [6, 6.07) is 13.0. The van der Waals surface area contributed by atoms with Crippen LogP contribution in [0.5, 0.6) is 0 Å². The van der Waals surface area contributed by atoms with Gasteiger partial charge in [0.2, 0.25) is 5.76 Å². The summed E-state index contributed by atoms with van der Waals surface area (Å²) in [6.07, 6.45) is 0. The maximum Gasteiger partial charge on any atom is 0.290 e. The number of rotatable bonds is 4. The SMILES string of the molecule is Cc1cc2oc3c(c(=O)c2cc1C)[C@H](c1ccccc1)N(CCN(C)C)C3=O. The van der Waals surface area contributed by atoms with Gasteiger partial charge in [-0.2, -0.15) is 0 Å². The molecule has 1 aliphatic heterocycles. The number of hydrogen-bond acceptors (Lipinski definition) is 4. The van der Waals surface area contributed by atoms with Crippen LogP contribution < -0.4 is 5.43 Å². The molecule has 1 amide bonds. The van der Waals surface area contributed by atoms with Crippen LogP contribution in [0.15, 0.2) is 51.7 Å². The Labute approximate surface area is 164 Å². The van der Waals surface area contributed by atoms with Gasteiger partial charge in [-0.15, -0.1) is 0 Å². The van der Waals surface area contributed by atoms with Crippen LogP contribution in [0.25, 0.3) is 11.0 Å². The zero-order chi connectivity index (χ0) is 20.0. The number of carbonyl (C=O) groups is 1.